The van der Waals surface area contributed by atoms with Crippen molar-refractivity contribution >= 4 is 38.6 Å². The maximum Gasteiger partial charge on any atom is 0.287 e. The molecular formula is C27H32N4O6S. The van der Waals surface area contributed by atoms with Gasteiger partial charge in [-0.25, -0.2) is 13.4 Å². The Balaban J connectivity index is 1.47. The van der Waals surface area contributed by atoms with E-state index in [-0.39, 0.29) is 42.1 Å². The van der Waals surface area contributed by atoms with Crippen molar-refractivity contribution in [3.05, 3.63) is 60.5 Å². The van der Waals surface area contributed by atoms with E-state index >= 15 is 0 Å². The Kier molecular flexibility index (Phi) is 8.27. The van der Waals surface area contributed by atoms with E-state index in [1.807, 2.05) is 32.9 Å². The SMILES string of the molecule is CC(C)CC(NC(=O)c1cc2ccccc2o1)C(=O)N[C@H]1CC(C)CN(S(=O)(=O)c2ccccn2)CC1=O. The molecule has 3 aromatic rings. The largest absolute Gasteiger partial charge is 0.451 e. The van der Waals surface area contributed by atoms with Crippen molar-refractivity contribution in [1.82, 2.24) is 19.9 Å². The van der Waals surface area contributed by atoms with E-state index in [4.69, 9.17) is 4.42 Å². The van der Waals surface area contributed by atoms with Crippen molar-refractivity contribution in [2.45, 2.75) is 50.7 Å². The topological polar surface area (TPSA) is 139 Å². The molecule has 11 heteroatoms. The van der Waals surface area contributed by atoms with Crippen molar-refractivity contribution in [1.29, 1.82) is 0 Å². The molecule has 3 heterocycles. The van der Waals surface area contributed by atoms with Crippen LogP contribution in [0.5, 0.6) is 0 Å². The lowest BCUT2D eigenvalue weighted by Crippen LogP contribution is -2.52. The first-order valence-electron chi connectivity index (χ1n) is 12.6. The third-order valence-electron chi connectivity index (χ3n) is 6.41. The molecule has 0 aliphatic carbocycles. The minimum atomic E-state index is -3.97. The van der Waals surface area contributed by atoms with Crippen LogP contribution >= 0.6 is 0 Å². The fourth-order valence-corrected chi connectivity index (χ4v) is 6.01. The van der Waals surface area contributed by atoms with Crippen molar-refractivity contribution in [2.24, 2.45) is 11.8 Å². The minimum absolute atomic E-state index is 0.0736. The number of furan rings is 1. The molecule has 2 aromatic heterocycles. The van der Waals surface area contributed by atoms with Gasteiger partial charge in [0.2, 0.25) is 5.91 Å². The molecule has 2 amide bonds. The highest BCUT2D eigenvalue weighted by atomic mass is 32.2. The van der Waals surface area contributed by atoms with Crippen LogP contribution in [0, 0.1) is 11.8 Å². The molecule has 2 N–H and O–H groups in total. The normalized spacial score (nSPS) is 19.7. The van der Waals surface area contributed by atoms with E-state index in [9.17, 15) is 22.8 Å². The third-order valence-corrected chi connectivity index (χ3v) is 8.14. The molecule has 10 nitrogen and oxygen atoms in total. The average Bonchev–Trinajstić information content (AvgIpc) is 3.26. The lowest BCUT2D eigenvalue weighted by atomic mass is 9.98. The summed E-state index contributed by atoms with van der Waals surface area (Å²) in [7, 11) is -3.97. The lowest BCUT2D eigenvalue weighted by Gasteiger charge is -2.23. The summed E-state index contributed by atoms with van der Waals surface area (Å²) in [6.07, 6.45) is 1.99. The molecule has 0 bridgehead atoms. The van der Waals surface area contributed by atoms with E-state index in [0.717, 1.165) is 9.69 Å². The highest BCUT2D eigenvalue weighted by molar-refractivity contribution is 7.89. The molecule has 4 rings (SSSR count). The number of hydrogen-bond acceptors (Lipinski definition) is 7. The Morgan fingerprint density at radius 3 is 2.58 bits per heavy atom. The standard InChI is InChI=1S/C27H32N4O6S/c1-17(2)12-21(30-27(34)24-14-19-8-4-5-9-23(19)37-24)26(33)29-20-13-18(3)15-31(16-22(20)32)38(35,36)25-10-6-7-11-28-25/h4-11,14,17-18,20-21H,12-13,15-16H2,1-3H3,(H,29,33)(H,30,34)/t18?,20-,21?/m0/s1. The maximum atomic E-state index is 13.3. The fourth-order valence-electron chi connectivity index (χ4n) is 4.56. The van der Waals surface area contributed by atoms with Gasteiger partial charge < -0.3 is 15.1 Å². The van der Waals surface area contributed by atoms with Gasteiger partial charge in [0.05, 0.1) is 12.6 Å². The van der Waals surface area contributed by atoms with Crippen molar-refractivity contribution in [3.8, 4) is 0 Å². The molecule has 2 unspecified atom stereocenters. The van der Waals surface area contributed by atoms with Crippen LogP contribution in [-0.4, -0.2) is 60.5 Å². The third kappa shape index (κ3) is 6.28. The molecule has 202 valence electrons. The zero-order valence-electron chi connectivity index (χ0n) is 21.6. The lowest BCUT2D eigenvalue weighted by molar-refractivity contribution is -0.129. The van der Waals surface area contributed by atoms with Crippen LogP contribution in [-0.2, 0) is 19.6 Å². The molecular weight excluding hydrogens is 508 g/mol. The number of carbonyl (C=O) groups excluding carboxylic acids is 3. The van der Waals surface area contributed by atoms with Crippen molar-refractivity contribution in [2.75, 3.05) is 13.1 Å². The number of amides is 2. The summed E-state index contributed by atoms with van der Waals surface area (Å²) in [5.74, 6) is -1.51. The number of para-hydroxylation sites is 1. The zero-order valence-corrected chi connectivity index (χ0v) is 22.4. The van der Waals surface area contributed by atoms with Crippen LogP contribution in [0.4, 0.5) is 0 Å². The number of nitrogens with zero attached hydrogens (tertiary/aromatic N) is 2. The Bertz CT molecular complexity index is 1390. The van der Waals surface area contributed by atoms with Crippen molar-refractivity contribution in [3.63, 3.8) is 0 Å². The van der Waals surface area contributed by atoms with Gasteiger partial charge in [-0.05, 0) is 48.9 Å². The van der Waals surface area contributed by atoms with Crippen molar-refractivity contribution < 1.29 is 27.2 Å². The highest BCUT2D eigenvalue weighted by Gasteiger charge is 2.37. The van der Waals surface area contributed by atoms with Crippen LogP contribution in [0.1, 0.15) is 44.2 Å². The number of ketones is 1. The Morgan fingerprint density at radius 1 is 1.16 bits per heavy atom. The van der Waals surface area contributed by atoms with Crippen LogP contribution < -0.4 is 10.6 Å². The summed E-state index contributed by atoms with van der Waals surface area (Å²) >= 11 is 0. The van der Waals surface area contributed by atoms with Gasteiger partial charge in [-0.3, -0.25) is 14.4 Å². The maximum absolute atomic E-state index is 13.3. The number of carbonyl (C=O) groups is 3. The molecule has 1 aliphatic heterocycles. The molecule has 3 atom stereocenters. The highest BCUT2D eigenvalue weighted by Crippen LogP contribution is 2.22. The van der Waals surface area contributed by atoms with E-state index in [1.165, 1.54) is 12.3 Å². The van der Waals surface area contributed by atoms with Gasteiger partial charge in [0.25, 0.3) is 15.9 Å². The Morgan fingerprint density at radius 2 is 1.89 bits per heavy atom. The van der Waals surface area contributed by atoms with E-state index in [0.29, 0.717) is 12.0 Å². The molecule has 1 saturated heterocycles. The second kappa shape index (κ2) is 11.4. The van der Waals surface area contributed by atoms with Crippen LogP contribution in [0.2, 0.25) is 0 Å². The van der Waals surface area contributed by atoms with Gasteiger partial charge in [0.15, 0.2) is 16.6 Å². The average molecular weight is 541 g/mol. The van der Waals surface area contributed by atoms with E-state index in [2.05, 4.69) is 15.6 Å². The van der Waals surface area contributed by atoms with E-state index in [1.54, 1.807) is 30.3 Å². The number of aromatic nitrogens is 1. The number of rotatable bonds is 8. The van der Waals surface area contributed by atoms with Gasteiger partial charge in [-0.2, -0.15) is 4.31 Å². The number of benzene rings is 1. The first kappa shape index (κ1) is 27.5. The summed E-state index contributed by atoms with van der Waals surface area (Å²) in [5.41, 5.74) is 0.561. The summed E-state index contributed by atoms with van der Waals surface area (Å²) in [6.45, 7) is 5.41. The molecule has 0 saturated carbocycles. The molecule has 38 heavy (non-hydrogen) atoms. The quantitative estimate of drug-likeness (QED) is 0.448. The number of fused-ring (bicyclic) bond motifs is 1. The summed E-state index contributed by atoms with van der Waals surface area (Å²) in [6, 6.07) is 11.6. The summed E-state index contributed by atoms with van der Waals surface area (Å²) in [5, 5.41) is 6.15. The van der Waals surface area contributed by atoms with Crippen LogP contribution in [0.25, 0.3) is 11.0 Å². The summed E-state index contributed by atoms with van der Waals surface area (Å²) in [4.78, 5) is 43.3. The monoisotopic (exact) mass is 540 g/mol. The Hall–Kier alpha value is -3.57. The Labute approximate surface area is 221 Å². The smallest absolute Gasteiger partial charge is 0.287 e. The second-order valence-corrected chi connectivity index (χ2v) is 12.0. The first-order chi connectivity index (χ1) is 18.0. The minimum Gasteiger partial charge on any atom is -0.451 e. The number of hydrogen-bond donors (Lipinski definition) is 2. The van der Waals surface area contributed by atoms with Gasteiger partial charge in [-0.15, -0.1) is 0 Å². The second-order valence-electron chi connectivity index (χ2n) is 10.1. The molecule has 1 fully saturated rings. The molecule has 0 spiro atoms. The number of sulfonamides is 1. The van der Waals surface area contributed by atoms with Gasteiger partial charge in [0, 0.05) is 18.1 Å². The first-order valence-corrected chi connectivity index (χ1v) is 14.0. The molecule has 1 aromatic carbocycles. The summed E-state index contributed by atoms with van der Waals surface area (Å²) < 4.78 is 32.9. The predicted octanol–water partition coefficient (Wildman–Crippen LogP) is 2.76. The fraction of sp³-hybridized carbons (Fsp3) is 0.407. The van der Waals surface area contributed by atoms with Gasteiger partial charge >= 0.3 is 0 Å². The van der Waals surface area contributed by atoms with Gasteiger partial charge in [-0.1, -0.05) is 45.0 Å². The molecule has 0 radical (unpaired) electrons. The number of Topliss-reactive ketones (excluding diaryl/α,β-unsaturated/α-hetero) is 1. The number of nitrogens with one attached hydrogen (secondary N) is 2. The van der Waals surface area contributed by atoms with Crippen LogP contribution in [0.3, 0.4) is 0 Å². The number of pyridine rings is 1. The van der Waals surface area contributed by atoms with Crippen LogP contribution in [0.15, 0.2) is 64.2 Å². The van der Waals surface area contributed by atoms with E-state index < -0.39 is 39.7 Å². The zero-order chi connectivity index (χ0) is 27.4. The predicted molar refractivity (Wildman–Crippen MR) is 141 cm³/mol. The van der Waals surface area contributed by atoms with Gasteiger partial charge in [0.1, 0.15) is 11.6 Å². The molecule has 1 aliphatic rings.